The number of rotatable bonds is 12. The van der Waals surface area contributed by atoms with Gasteiger partial charge in [-0.25, -0.2) is 13.7 Å². The van der Waals surface area contributed by atoms with Crippen molar-refractivity contribution in [2.45, 2.75) is 34.6 Å². The van der Waals surface area contributed by atoms with Crippen molar-refractivity contribution in [1.82, 2.24) is 4.98 Å². The first kappa shape index (κ1) is 68.5. The largest absolute Gasteiger partial charge is 0.304 e. The van der Waals surface area contributed by atoms with Gasteiger partial charge < -0.3 is 4.98 Å². The number of terminal acetylenes is 1. The summed E-state index contributed by atoms with van der Waals surface area (Å²) >= 11 is 0. The molecule has 4 heterocycles. The van der Waals surface area contributed by atoms with E-state index < -0.39 is 0 Å². The molecule has 6 heteroatoms. The van der Waals surface area contributed by atoms with Crippen molar-refractivity contribution in [3.8, 4) is 147 Å². The number of hydrogen-bond acceptors (Lipinski definition) is 1. The Kier molecular flexibility index (Phi) is 22.3. The SMILES string of the molecule is C#C.Cc1cc(C)cc(-c2ccccc2-c2ccc(-c3[c-]cccc3)nc2)c1.Cc1ccccc1-c1ccc(-c2ccccc2-c2cc(-c3ccccc3-c3ccc(-c4ccccc4C)[n+](C)c3)cc(-c3ccccc3-c3ccc(-c4ccccc4C)[n+](C)c3)c2)c[n+]1C.[Ir].[Ir]. The molecule has 0 atom stereocenters. The number of hydrogen-bond donors (Lipinski definition) is 0. The Bertz CT molecular complexity index is 4690. The molecule has 0 N–H and O–H groups in total. The summed E-state index contributed by atoms with van der Waals surface area (Å²) in [6.45, 7) is 10.8. The minimum absolute atomic E-state index is 0. The van der Waals surface area contributed by atoms with Crippen LogP contribution in [0.1, 0.15) is 27.8 Å². The van der Waals surface area contributed by atoms with Gasteiger partial charge in [-0.1, -0.05) is 193 Å². The third kappa shape index (κ3) is 14.9. The normalized spacial score (nSPS) is 10.6. The molecule has 0 bridgehead atoms. The molecule has 0 spiro atoms. The van der Waals surface area contributed by atoms with Crippen molar-refractivity contribution in [3.63, 3.8) is 0 Å². The van der Waals surface area contributed by atoms with E-state index in [-0.39, 0.29) is 40.2 Å². The molecule has 0 aliphatic heterocycles. The Morgan fingerprint density at radius 1 is 0.281 bits per heavy atom. The van der Waals surface area contributed by atoms with Crippen LogP contribution in [0.5, 0.6) is 0 Å². The van der Waals surface area contributed by atoms with Crippen molar-refractivity contribution in [2.24, 2.45) is 21.1 Å². The second kappa shape index (κ2) is 31.3. The maximum Gasteiger partial charge on any atom is 0.212 e. The molecule has 0 saturated heterocycles. The molecule has 0 fully saturated rings. The van der Waals surface area contributed by atoms with Gasteiger partial charge in [-0.3, -0.25) is 0 Å². The first-order valence-corrected chi connectivity index (χ1v) is 32.0. The summed E-state index contributed by atoms with van der Waals surface area (Å²) in [5.74, 6) is 0. The van der Waals surface area contributed by atoms with Crippen LogP contribution < -0.4 is 13.7 Å². The molecule has 472 valence electrons. The van der Waals surface area contributed by atoms with E-state index in [0.717, 1.165) is 33.5 Å². The van der Waals surface area contributed by atoms with Crippen LogP contribution in [0.15, 0.2) is 304 Å². The summed E-state index contributed by atoms with van der Waals surface area (Å²) in [4.78, 5) is 4.66. The fourth-order valence-corrected chi connectivity index (χ4v) is 13.2. The molecule has 0 aliphatic carbocycles. The van der Waals surface area contributed by atoms with E-state index in [1.54, 1.807) is 0 Å². The zero-order chi connectivity index (χ0) is 65.2. The first-order valence-electron chi connectivity index (χ1n) is 32.0. The van der Waals surface area contributed by atoms with E-state index in [4.69, 9.17) is 0 Å². The molecule has 14 rings (SSSR count). The van der Waals surface area contributed by atoms with Gasteiger partial charge in [0, 0.05) is 98.0 Å². The monoisotopic (exact) mass is 1600 g/mol. The zero-order valence-corrected chi connectivity index (χ0v) is 60.3. The van der Waals surface area contributed by atoms with Gasteiger partial charge in [0.15, 0.2) is 18.6 Å². The van der Waals surface area contributed by atoms with Crippen LogP contribution in [-0.4, -0.2) is 4.98 Å². The number of aryl methyl sites for hydroxylation is 8. The number of pyridine rings is 4. The van der Waals surface area contributed by atoms with Gasteiger partial charge in [0.25, 0.3) is 0 Å². The topological polar surface area (TPSA) is 24.5 Å². The average Bonchev–Trinajstić information content (AvgIpc) is 0.776. The summed E-state index contributed by atoms with van der Waals surface area (Å²) < 4.78 is 6.78. The van der Waals surface area contributed by atoms with Gasteiger partial charge in [-0.15, -0.1) is 48.7 Å². The van der Waals surface area contributed by atoms with E-state index in [0.29, 0.717) is 0 Å². The smallest absolute Gasteiger partial charge is 0.212 e. The molecule has 0 aliphatic rings. The Labute approximate surface area is 594 Å². The van der Waals surface area contributed by atoms with E-state index >= 15 is 0 Å². The molecule has 0 unspecified atom stereocenters. The van der Waals surface area contributed by atoms with Gasteiger partial charge >= 0.3 is 0 Å². The Morgan fingerprint density at radius 2 is 0.562 bits per heavy atom. The van der Waals surface area contributed by atoms with Crippen LogP contribution >= 0.6 is 0 Å². The van der Waals surface area contributed by atoms with Gasteiger partial charge in [0.1, 0.15) is 21.1 Å². The molecular weight excluding hydrogens is 1520 g/mol. The van der Waals surface area contributed by atoms with E-state index in [1.807, 2.05) is 30.5 Å². The zero-order valence-electron chi connectivity index (χ0n) is 55.5. The van der Waals surface area contributed by atoms with Crippen LogP contribution in [-0.2, 0) is 61.4 Å². The minimum atomic E-state index is 0. The predicted octanol–water partition coefficient (Wildman–Crippen LogP) is 20.8. The molecule has 4 nitrogen and oxygen atoms in total. The van der Waals surface area contributed by atoms with Crippen LogP contribution in [0.3, 0.4) is 0 Å². The predicted molar refractivity (Wildman–Crippen MR) is 392 cm³/mol. The number of benzene rings is 10. The Balaban J connectivity index is 0.000000279. The van der Waals surface area contributed by atoms with Gasteiger partial charge in [-0.05, 0) is 184 Å². The van der Waals surface area contributed by atoms with E-state index in [2.05, 4.69) is 367 Å². The molecule has 2 radical (unpaired) electrons. The first-order chi connectivity index (χ1) is 45.9. The van der Waals surface area contributed by atoms with Crippen LogP contribution in [0.25, 0.3) is 134 Å². The molecular formula is C90H76Ir2N4+2. The summed E-state index contributed by atoms with van der Waals surface area (Å²) in [6.07, 6.45) is 16.8. The van der Waals surface area contributed by atoms with Crippen molar-refractivity contribution in [1.29, 1.82) is 0 Å². The van der Waals surface area contributed by atoms with E-state index in [1.165, 1.54) is 128 Å². The molecule has 4 aromatic heterocycles. The van der Waals surface area contributed by atoms with Gasteiger partial charge in [0.05, 0.1) is 0 Å². The van der Waals surface area contributed by atoms with Crippen molar-refractivity contribution >= 4 is 0 Å². The van der Waals surface area contributed by atoms with Crippen molar-refractivity contribution in [2.75, 3.05) is 0 Å². The van der Waals surface area contributed by atoms with Crippen LogP contribution in [0.2, 0.25) is 0 Å². The third-order valence-corrected chi connectivity index (χ3v) is 17.8. The fraction of sp³-hybridized carbons (Fsp3) is 0.0889. The fourth-order valence-electron chi connectivity index (χ4n) is 13.2. The molecule has 10 aromatic carbocycles. The second-order valence-electron chi connectivity index (χ2n) is 24.3. The summed E-state index contributed by atoms with van der Waals surface area (Å²) in [5.41, 5.74) is 34.5. The molecule has 0 amide bonds. The Hall–Kier alpha value is -10.3. The minimum Gasteiger partial charge on any atom is -0.304 e. The second-order valence-corrected chi connectivity index (χ2v) is 24.3. The molecule has 96 heavy (non-hydrogen) atoms. The third-order valence-electron chi connectivity index (χ3n) is 17.8. The quantitative estimate of drug-likeness (QED) is 0.0680. The van der Waals surface area contributed by atoms with E-state index in [9.17, 15) is 0 Å². The van der Waals surface area contributed by atoms with Crippen LogP contribution in [0.4, 0.5) is 0 Å². The van der Waals surface area contributed by atoms with Gasteiger partial charge in [0.2, 0.25) is 17.1 Å². The van der Waals surface area contributed by atoms with Crippen molar-refractivity contribution in [3.05, 3.63) is 338 Å². The summed E-state index contributed by atoms with van der Waals surface area (Å²) in [7, 11) is 6.46. The molecule has 0 saturated carbocycles. The maximum atomic E-state index is 4.66. The Morgan fingerprint density at radius 3 is 0.854 bits per heavy atom. The summed E-state index contributed by atoms with van der Waals surface area (Å²) in [5, 5.41) is 0. The summed E-state index contributed by atoms with van der Waals surface area (Å²) in [6, 6.07) is 104. The standard InChI is InChI=1S/C63H54N3.C25H20N.C2H2.2Ir/c1-43-19-7-10-22-52(43)61-34-31-46(40-64(61)4)55-25-13-16-28-58(55)49-37-50(59-29-17-14-26-56(59)47-32-35-62(65(5)41-47)53-23-11-8-20-44(53)2)39-51(38-49)60-30-18-15-27-57(60)48-33-36-63(66(6)42-48)54-24-12-9-21-45(54)3;1-18-14-19(2)16-22(15-18)24-11-7-6-10-23(24)21-12-13-25(26-17-21)20-8-4-3-5-9-20;1-2;;/h7-42H,1-6H3;3-8,10-17H,1-2H3;1-2H;;/q+3;-1;;;. The number of nitrogens with zero attached hydrogens (tertiary/aromatic N) is 4. The van der Waals surface area contributed by atoms with Gasteiger partial charge in [-0.2, -0.15) is 0 Å². The van der Waals surface area contributed by atoms with Crippen molar-refractivity contribution < 1.29 is 53.9 Å². The number of aromatic nitrogens is 4. The average molecular weight is 1600 g/mol. The maximum absolute atomic E-state index is 4.66. The van der Waals surface area contributed by atoms with Crippen LogP contribution in [0, 0.1) is 53.5 Å². The molecule has 14 aromatic rings.